The molecule has 0 bridgehead atoms. The van der Waals surface area contributed by atoms with Crippen molar-refractivity contribution in [3.05, 3.63) is 44.6 Å². The van der Waals surface area contributed by atoms with E-state index in [0.717, 1.165) is 35.8 Å². The summed E-state index contributed by atoms with van der Waals surface area (Å²) in [5.41, 5.74) is 1.72. The van der Waals surface area contributed by atoms with Gasteiger partial charge in [-0.15, -0.1) is 0 Å². The lowest BCUT2D eigenvalue weighted by Crippen LogP contribution is -2.23. The molecule has 0 radical (unpaired) electrons. The average Bonchev–Trinajstić information content (AvgIpc) is 2.68. The maximum Gasteiger partial charge on any atom is 0.305 e. The second kappa shape index (κ2) is 6.54. The van der Waals surface area contributed by atoms with Crippen LogP contribution in [0.5, 0.6) is 0 Å². The van der Waals surface area contributed by atoms with Crippen LogP contribution in [0.2, 0.25) is 0 Å². The third-order valence-corrected chi connectivity index (χ3v) is 4.79. The molecule has 0 spiro atoms. The van der Waals surface area contributed by atoms with Crippen LogP contribution in [0.15, 0.2) is 29.1 Å². The van der Waals surface area contributed by atoms with Gasteiger partial charge in [0.1, 0.15) is 5.82 Å². The quantitative estimate of drug-likeness (QED) is 0.940. The molecule has 1 N–H and O–H groups in total. The Hall–Kier alpha value is -1.46. The molecule has 3 rings (SSSR count). The van der Waals surface area contributed by atoms with Gasteiger partial charge in [-0.1, -0.05) is 24.2 Å². The molecule has 1 fully saturated rings. The topological polar surface area (TPSA) is 36.1 Å². The Labute approximate surface area is 127 Å². The maximum absolute atomic E-state index is 13.0. The normalized spacial score (nSPS) is 16.8. The predicted molar refractivity (Wildman–Crippen MR) is 84.1 cm³/mol. The van der Waals surface area contributed by atoms with Crippen molar-refractivity contribution in [2.24, 2.45) is 0 Å². The van der Waals surface area contributed by atoms with Crippen molar-refractivity contribution in [2.45, 2.75) is 32.2 Å². The highest BCUT2D eigenvalue weighted by Gasteiger charge is 2.15. The molecule has 112 valence electrons. The molecule has 0 unspecified atom stereocenters. The Bertz CT molecular complexity index is 639. The summed E-state index contributed by atoms with van der Waals surface area (Å²) in [5.74, 6) is -0.259. The molecule has 1 aliphatic heterocycles. The number of halogens is 1. The van der Waals surface area contributed by atoms with Crippen LogP contribution in [0.1, 0.15) is 30.6 Å². The molecular weight excluding hydrogens is 287 g/mol. The number of hydrogen-bond acceptors (Lipinski definition) is 3. The number of benzene rings is 1. The van der Waals surface area contributed by atoms with Gasteiger partial charge in [-0.25, -0.2) is 4.39 Å². The smallest absolute Gasteiger partial charge is 0.305 e. The van der Waals surface area contributed by atoms with Crippen molar-refractivity contribution >= 4 is 11.3 Å². The van der Waals surface area contributed by atoms with Crippen LogP contribution in [0.3, 0.4) is 0 Å². The first-order chi connectivity index (χ1) is 10.2. The number of thiazole rings is 1. The highest BCUT2D eigenvalue weighted by atomic mass is 32.1. The van der Waals surface area contributed by atoms with Gasteiger partial charge < -0.3 is 4.98 Å². The summed E-state index contributed by atoms with van der Waals surface area (Å²) in [6.07, 6.45) is 5.05. The van der Waals surface area contributed by atoms with Crippen molar-refractivity contribution < 1.29 is 4.39 Å². The fraction of sp³-hybridized carbons (Fsp3) is 0.438. The zero-order chi connectivity index (χ0) is 14.7. The minimum absolute atomic E-state index is 0.0425. The van der Waals surface area contributed by atoms with Gasteiger partial charge in [0.05, 0.1) is 5.69 Å². The van der Waals surface area contributed by atoms with E-state index in [0.29, 0.717) is 0 Å². The Morgan fingerprint density at radius 2 is 1.76 bits per heavy atom. The SMILES string of the molecule is O=c1[nH]c(-c2ccc(F)cc2)c(CN2CCCCCC2)s1. The van der Waals surface area contributed by atoms with Crippen molar-refractivity contribution in [3.63, 3.8) is 0 Å². The number of aromatic amines is 1. The summed E-state index contributed by atoms with van der Waals surface area (Å²) in [6, 6.07) is 6.31. The maximum atomic E-state index is 13.0. The zero-order valence-corrected chi connectivity index (χ0v) is 12.7. The van der Waals surface area contributed by atoms with Crippen LogP contribution >= 0.6 is 11.3 Å². The summed E-state index contributed by atoms with van der Waals surface area (Å²) < 4.78 is 13.0. The summed E-state index contributed by atoms with van der Waals surface area (Å²) in [7, 11) is 0. The molecule has 5 heteroatoms. The van der Waals surface area contributed by atoms with E-state index in [9.17, 15) is 9.18 Å². The highest BCUT2D eigenvalue weighted by molar-refractivity contribution is 7.09. The molecule has 1 aliphatic rings. The Morgan fingerprint density at radius 3 is 2.43 bits per heavy atom. The molecule has 1 aromatic heterocycles. The number of H-pyrrole nitrogens is 1. The molecule has 1 aromatic carbocycles. The van der Waals surface area contributed by atoms with Crippen LogP contribution in [0, 0.1) is 5.82 Å². The first-order valence-corrected chi connectivity index (χ1v) is 8.24. The summed E-state index contributed by atoms with van der Waals surface area (Å²) in [5, 5.41) is 0. The third kappa shape index (κ3) is 3.60. The first-order valence-electron chi connectivity index (χ1n) is 7.42. The van der Waals surface area contributed by atoms with Crippen molar-refractivity contribution in [1.82, 2.24) is 9.88 Å². The lowest BCUT2D eigenvalue weighted by atomic mass is 10.1. The van der Waals surface area contributed by atoms with E-state index in [-0.39, 0.29) is 10.7 Å². The van der Waals surface area contributed by atoms with Gasteiger partial charge in [0.15, 0.2) is 0 Å². The zero-order valence-electron chi connectivity index (χ0n) is 11.9. The first kappa shape index (κ1) is 14.5. The van der Waals surface area contributed by atoms with E-state index in [1.165, 1.54) is 49.2 Å². The van der Waals surface area contributed by atoms with Crippen LogP contribution in [0.25, 0.3) is 11.3 Å². The van der Waals surface area contributed by atoms with E-state index in [4.69, 9.17) is 0 Å². The number of rotatable bonds is 3. The summed E-state index contributed by atoms with van der Waals surface area (Å²) in [6.45, 7) is 2.99. The lowest BCUT2D eigenvalue weighted by molar-refractivity contribution is 0.279. The van der Waals surface area contributed by atoms with Crippen molar-refractivity contribution in [3.8, 4) is 11.3 Å². The number of likely N-dealkylation sites (tertiary alicyclic amines) is 1. The van der Waals surface area contributed by atoms with E-state index in [1.807, 2.05) is 0 Å². The van der Waals surface area contributed by atoms with Gasteiger partial charge in [-0.3, -0.25) is 9.69 Å². The van der Waals surface area contributed by atoms with Gasteiger partial charge >= 0.3 is 4.87 Å². The van der Waals surface area contributed by atoms with E-state index >= 15 is 0 Å². The fourth-order valence-corrected chi connectivity index (χ4v) is 3.71. The second-order valence-corrected chi connectivity index (χ2v) is 6.58. The number of aromatic nitrogens is 1. The molecule has 0 aliphatic carbocycles. The van der Waals surface area contributed by atoms with E-state index in [2.05, 4.69) is 9.88 Å². The van der Waals surface area contributed by atoms with Gasteiger partial charge in [-0.2, -0.15) is 0 Å². The summed E-state index contributed by atoms with van der Waals surface area (Å²) in [4.78, 5) is 18.1. The Kier molecular flexibility index (Phi) is 4.51. The highest BCUT2D eigenvalue weighted by Crippen LogP contribution is 2.25. The minimum Gasteiger partial charge on any atom is -0.312 e. The molecule has 0 amide bonds. The Balaban J connectivity index is 1.85. The molecular formula is C16H19FN2OS. The molecule has 21 heavy (non-hydrogen) atoms. The number of hydrogen-bond donors (Lipinski definition) is 1. The monoisotopic (exact) mass is 306 g/mol. The van der Waals surface area contributed by atoms with Crippen LogP contribution < -0.4 is 4.87 Å². The number of nitrogens with one attached hydrogen (secondary N) is 1. The largest absolute Gasteiger partial charge is 0.312 e. The van der Waals surface area contributed by atoms with Gasteiger partial charge in [0.2, 0.25) is 0 Å². The van der Waals surface area contributed by atoms with E-state index < -0.39 is 0 Å². The van der Waals surface area contributed by atoms with Gasteiger partial charge in [0, 0.05) is 11.4 Å². The lowest BCUT2D eigenvalue weighted by Gasteiger charge is -2.19. The Morgan fingerprint density at radius 1 is 1.10 bits per heavy atom. The molecule has 2 heterocycles. The molecule has 3 nitrogen and oxygen atoms in total. The fourth-order valence-electron chi connectivity index (χ4n) is 2.82. The summed E-state index contributed by atoms with van der Waals surface area (Å²) >= 11 is 1.27. The average molecular weight is 306 g/mol. The molecule has 2 aromatic rings. The van der Waals surface area contributed by atoms with Crippen LogP contribution in [0.4, 0.5) is 4.39 Å². The van der Waals surface area contributed by atoms with Gasteiger partial charge in [0.25, 0.3) is 0 Å². The molecule has 0 atom stereocenters. The van der Waals surface area contributed by atoms with Gasteiger partial charge in [-0.05, 0) is 55.8 Å². The van der Waals surface area contributed by atoms with E-state index in [1.54, 1.807) is 12.1 Å². The second-order valence-electron chi connectivity index (χ2n) is 5.51. The predicted octanol–water partition coefficient (Wildman–Crippen LogP) is 3.62. The van der Waals surface area contributed by atoms with Crippen molar-refractivity contribution in [2.75, 3.05) is 13.1 Å². The van der Waals surface area contributed by atoms with Crippen LogP contribution in [-0.2, 0) is 6.54 Å². The molecule has 1 saturated heterocycles. The van der Waals surface area contributed by atoms with Crippen molar-refractivity contribution in [1.29, 1.82) is 0 Å². The standard InChI is InChI=1S/C16H19FN2OS/c17-13-7-5-12(6-8-13)15-14(21-16(20)18-15)11-19-9-3-1-2-4-10-19/h5-8H,1-4,9-11H2,(H,18,20). The van der Waals surface area contributed by atoms with Crippen LogP contribution in [-0.4, -0.2) is 23.0 Å². The minimum atomic E-state index is -0.259. The third-order valence-electron chi connectivity index (χ3n) is 3.92. The molecule has 0 saturated carbocycles. The number of nitrogens with zero attached hydrogens (tertiary/aromatic N) is 1.